The highest BCUT2D eigenvalue weighted by Gasteiger charge is 2.52. The third-order valence-electron chi connectivity index (χ3n) is 7.35. The Morgan fingerprint density at radius 1 is 1.08 bits per heavy atom. The normalized spacial score (nSPS) is 21.1. The van der Waals surface area contributed by atoms with Crippen LogP contribution in [-0.2, 0) is 16.0 Å². The summed E-state index contributed by atoms with van der Waals surface area (Å²) in [5.41, 5.74) is 4.50. The van der Waals surface area contributed by atoms with Crippen LogP contribution in [-0.4, -0.2) is 50.8 Å². The van der Waals surface area contributed by atoms with Gasteiger partial charge in [-0.25, -0.2) is 4.79 Å². The summed E-state index contributed by atoms with van der Waals surface area (Å²) in [4.78, 5) is 27.8. The number of nitrogens with zero attached hydrogens (tertiary/aromatic N) is 3. The minimum absolute atomic E-state index is 0.0206. The van der Waals surface area contributed by atoms with Crippen LogP contribution in [0, 0.1) is 17.2 Å². The lowest BCUT2D eigenvalue weighted by Crippen LogP contribution is -2.55. The summed E-state index contributed by atoms with van der Waals surface area (Å²) in [5.74, 6) is -0.172. The van der Waals surface area contributed by atoms with Gasteiger partial charge in [0.2, 0.25) is 5.91 Å². The number of piperidine rings is 1. The van der Waals surface area contributed by atoms with Gasteiger partial charge in [0.25, 0.3) is 0 Å². The second-order valence-electron chi connectivity index (χ2n) is 11.2. The van der Waals surface area contributed by atoms with E-state index in [0.717, 1.165) is 47.2 Å². The summed E-state index contributed by atoms with van der Waals surface area (Å²) in [6, 6.07) is 19.1. The van der Waals surface area contributed by atoms with Crippen LogP contribution in [0.4, 0.5) is 4.79 Å². The molecule has 1 saturated carbocycles. The Bertz CT molecular complexity index is 1320. The lowest BCUT2D eigenvalue weighted by atomic mass is 9.97. The molecule has 38 heavy (non-hydrogen) atoms. The molecule has 0 unspecified atom stereocenters. The zero-order valence-electron chi connectivity index (χ0n) is 22.0. The molecule has 0 spiro atoms. The fourth-order valence-corrected chi connectivity index (χ4v) is 5.62. The summed E-state index contributed by atoms with van der Waals surface area (Å²) in [5, 5.41) is 19.7. The van der Waals surface area contributed by atoms with Gasteiger partial charge in [0.15, 0.2) is 0 Å². The number of amides is 2. The summed E-state index contributed by atoms with van der Waals surface area (Å²) in [6.07, 6.45) is 4.25. The minimum atomic E-state index is -0.693. The lowest BCUT2D eigenvalue weighted by molar-refractivity contribution is -0.128. The Morgan fingerprint density at radius 3 is 2.34 bits per heavy atom. The van der Waals surface area contributed by atoms with E-state index < -0.39 is 23.8 Å². The van der Waals surface area contributed by atoms with Gasteiger partial charge >= 0.3 is 6.09 Å². The van der Waals surface area contributed by atoms with Crippen LogP contribution in [0.3, 0.4) is 0 Å². The van der Waals surface area contributed by atoms with Crippen LogP contribution < -0.4 is 5.32 Å². The van der Waals surface area contributed by atoms with Gasteiger partial charge in [-0.05, 0) is 74.3 Å². The highest BCUT2D eigenvalue weighted by atomic mass is 16.6. The standard InChI is InChI=1S/C30H33N5O3/c1-30(2,3)38-29(37)35-25-13-12-23(17-25)27(35)28(36)33-24(18-31)16-19-4-6-20(7-5-19)21-8-10-22(11-9-21)26-14-15-32-34-26/h4-11,14-15,23-25,27H,12-13,16-17H2,1-3H3,(H,32,34)(H,33,36)/t23-,24-,25+,27-/m0/s1. The molecular weight excluding hydrogens is 478 g/mol. The molecule has 5 rings (SSSR count). The van der Waals surface area contributed by atoms with E-state index in [0.29, 0.717) is 6.42 Å². The number of H-pyrrole nitrogens is 1. The maximum atomic E-state index is 13.3. The van der Waals surface area contributed by atoms with Gasteiger partial charge in [-0.1, -0.05) is 48.5 Å². The molecule has 1 aromatic heterocycles. The first-order chi connectivity index (χ1) is 18.2. The number of carbonyl (C=O) groups is 2. The number of nitrogens with one attached hydrogen (secondary N) is 2. The Morgan fingerprint density at radius 2 is 1.74 bits per heavy atom. The van der Waals surface area contributed by atoms with Crippen molar-refractivity contribution in [2.45, 2.75) is 70.2 Å². The number of aromatic amines is 1. The van der Waals surface area contributed by atoms with Crippen molar-refractivity contribution in [1.82, 2.24) is 20.4 Å². The van der Waals surface area contributed by atoms with Gasteiger partial charge in [0.05, 0.1) is 11.8 Å². The number of aromatic nitrogens is 2. The molecule has 2 bridgehead atoms. The Balaban J connectivity index is 1.22. The van der Waals surface area contributed by atoms with Gasteiger partial charge < -0.3 is 10.1 Å². The summed E-state index contributed by atoms with van der Waals surface area (Å²) < 4.78 is 5.59. The van der Waals surface area contributed by atoms with Crippen LogP contribution in [0.15, 0.2) is 60.8 Å². The zero-order valence-corrected chi connectivity index (χ0v) is 22.0. The van der Waals surface area contributed by atoms with Crippen molar-refractivity contribution in [3.8, 4) is 28.5 Å². The molecule has 2 fully saturated rings. The first-order valence-electron chi connectivity index (χ1n) is 13.1. The van der Waals surface area contributed by atoms with Gasteiger partial charge in [-0.2, -0.15) is 10.4 Å². The molecule has 2 amide bonds. The summed E-state index contributed by atoms with van der Waals surface area (Å²) in [6.45, 7) is 5.46. The Hall–Kier alpha value is -4.12. The highest BCUT2D eigenvalue weighted by molar-refractivity contribution is 5.87. The molecule has 3 aromatic rings. The molecule has 8 heteroatoms. The number of benzene rings is 2. The number of hydrogen-bond acceptors (Lipinski definition) is 5. The van der Waals surface area contributed by atoms with Gasteiger partial charge in [0.1, 0.15) is 17.7 Å². The SMILES string of the molecule is CC(C)(C)OC(=O)N1[C@@H]2CC[C@@H](C2)[C@H]1C(=O)N[C@H](C#N)Cc1ccc(-c2ccc(-c3ccn[nH]3)cc2)cc1. The predicted molar refractivity (Wildman–Crippen MR) is 144 cm³/mol. The average molecular weight is 512 g/mol. The number of fused-ring (bicyclic) bond motifs is 2. The first kappa shape index (κ1) is 25.5. The maximum absolute atomic E-state index is 13.3. The maximum Gasteiger partial charge on any atom is 0.411 e. The monoisotopic (exact) mass is 511 g/mol. The number of likely N-dealkylation sites (tertiary alicyclic amines) is 1. The third-order valence-corrected chi connectivity index (χ3v) is 7.35. The molecule has 2 aromatic carbocycles. The van der Waals surface area contributed by atoms with Crippen LogP contribution >= 0.6 is 0 Å². The number of rotatable bonds is 6. The van der Waals surface area contributed by atoms with E-state index >= 15 is 0 Å². The molecule has 196 valence electrons. The van der Waals surface area contributed by atoms with Crippen LogP contribution in [0.5, 0.6) is 0 Å². The van der Waals surface area contributed by atoms with Crippen molar-refractivity contribution >= 4 is 12.0 Å². The fourth-order valence-electron chi connectivity index (χ4n) is 5.62. The van der Waals surface area contributed by atoms with Gasteiger partial charge in [-0.3, -0.25) is 14.8 Å². The molecule has 1 aliphatic carbocycles. The average Bonchev–Trinajstić information content (AvgIpc) is 3.66. The Kier molecular flexibility index (Phi) is 6.94. The topological polar surface area (TPSA) is 111 Å². The van der Waals surface area contributed by atoms with Crippen molar-refractivity contribution in [3.05, 3.63) is 66.4 Å². The molecule has 4 atom stereocenters. The van der Waals surface area contributed by atoms with E-state index in [1.165, 1.54) is 0 Å². The fraction of sp³-hybridized carbons (Fsp3) is 0.400. The minimum Gasteiger partial charge on any atom is -0.444 e. The molecule has 2 aliphatic rings. The predicted octanol–water partition coefficient (Wildman–Crippen LogP) is 5.08. The molecule has 2 N–H and O–H groups in total. The number of ether oxygens (including phenoxy) is 1. The summed E-state index contributed by atoms with van der Waals surface area (Å²) >= 11 is 0. The lowest BCUT2D eigenvalue weighted by Gasteiger charge is -2.35. The molecule has 8 nitrogen and oxygen atoms in total. The second-order valence-corrected chi connectivity index (χ2v) is 11.2. The molecule has 1 aliphatic heterocycles. The van der Waals surface area contributed by atoms with Crippen LogP contribution in [0.2, 0.25) is 0 Å². The van der Waals surface area contributed by atoms with E-state index in [9.17, 15) is 14.9 Å². The van der Waals surface area contributed by atoms with E-state index in [1.54, 1.807) is 11.1 Å². The quantitative estimate of drug-likeness (QED) is 0.479. The molecule has 1 saturated heterocycles. The number of hydrogen-bond donors (Lipinski definition) is 2. The van der Waals surface area contributed by atoms with Gasteiger partial charge in [-0.15, -0.1) is 0 Å². The van der Waals surface area contributed by atoms with Crippen molar-refractivity contribution < 1.29 is 14.3 Å². The first-order valence-corrected chi connectivity index (χ1v) is 13.1. The van der Waals surface area contributed by atoms with Crippen molar-refractivity contribution in [2.75, 3.05) is 0 Å². The molecular formula is C30H33N5O3. The third kappa shape index (κ3) is 5.42. The second kappa shape index (κ2) is 10.3. The van der Waals surface area contributed by atoms with E-state index in [4.69, 9.17) is 4.74 Å². The van der Waals surface area contributed by atoms with Crippen molar-refractivity contribution in [3.63, 3.8) is 0 Å². The van der Waals surface area contributed by atoms with Crippen molar-refractivity contribution in [1.29, 1.82) is 5.26 Å². The number of nitriles is 1. The molecule has 0 radical (unpaired) electrons. The van der Waals surface area contributed by atoms with Gasteiger partial charge in [0, 0.05) is 18.7 Å². The highest BCUT2D eigenvalue weighted by Crippen LogP contribution is 2.43. The van der Waals surface area contributed by atoms with Crippen molar-refractivity contribution in [2.24, 2.45) is 5.92 Å². The molecule has 2 heterocycles. The Labute approximate surface area is 223 Å². The smallest absolute Gasteiger partial charge is 0.411 e. The largest absolute Gasteiger partial charge is 0.444 e. The summed E-state index contributed by atoms with van der Waals surface area (Å²) in [7, 11) is 0. The van der Waals surface area contributed by atoms with Crippen LogP contribution in [0.25, 0.3) is 22.4 Å². The zero-order chi connectivity index (χ0) is 26.9. The number of carbonyl (C=O) groups excluding carboxylic acids is 2. The van der Waals surface area contributed by atoms with E-state index in [-0.39, 0.29) is 17.9 Å². The van der Waals surface area contributed by atoms with Crippen LogP contribution in [0.1, 0.15) is 45.6 Å². The van der Waals surface area contributed by atoms with E-state index in [2.05, 4.69) is 33.7 Å². The van der Waals surface area contributed by atoms with E-state index in [1.807, 2.05) is 63.2 Å².